The van der Waals surface area contributed by atoms with Gasteiger partial charge in [0.1, 0.15) is 0 Å². The molecule has 0 aromatic heterocycles. The number of esters is 1. The Morgan fingerprint density at radius 1 is 0.769 bits per heavy atom. The molecule has 3 heteroatoms. The molecule has 0 amide bonds. The van der Waals surface area contributed by atoms with E-state index in [1.165, 1.54) is 15.9 Å². The predicted octanol–water partition coefficient (Wildman–Crippen LogP) is 4.40. The first-order valence-electron chi connectivity index (χ1n) is 8.97. The number of rotatable bonds is 7. The maximum atomic E-state index is 12.1. The molecule has 0 fully saturated rings. The lowest BCUT2D eigenvalue weighted by Crippen LogP contribution is -2.20. The van der Waals surface area contributed by atoms with Crippen LogP contribution in [0.1, 0.15) is 30.1 Å². The van der Waals surface area contributed by atoms with E-state index >= 15 is 0 Å². The second-order valence-corrected chi connectivity index (χ2v) is 8.26. The first kappa shape index (κ1) is 18.4. The van der Waals surface area contributed by atoms with Gasteiger partial charge in [0.25, 0.3) is 0 Å². The fraction of sp³-hybridized carbons (Fsp3) is 0.174. The van der Waals surface area contributed by atoms with Gasteiger partial charge in [-0.05, 0) is 42.4 Å². The van der Waals surface area contributed by atoms with Crippen molar-refractivity contribution >= 4 is 29.8 Å². The van der Waals surface area contributed by atoms with Crippen LogP contribution in [0.25, 0.3) is 0 Å². The number of carbonyl (C=O) groups excluding carboxylic acids is 1. The molecule has 0 aliphatic carbocycles. The number of ether oxygens (including phenoxy) is 1. The summed E-state index contributed by atoms with van der Waals surface area (Å²) in [4.78, 5) is 12.1. The first-order valence-corrected chi connectivity index (χ1v) is 10.3. The molecule has 0 bridgehead atoms. The van der Waals surface area contributed by atoms with Crippen LogP contribution in [0, 0.1) is 0 Å². The third-order valence-electron chi connectivity index (χ3n) is 4.12. The summed E-state index contributed by atoms with van der Waals surface area (Å²) in [5.74, 6) is -0.242. The highest BCUT2D eigenvalue weighted by Crippen LogP contribution is 2.32. The molecule has 2 nitrogen and oxygen atoms in total. The van der Waals surface area contributed by atoms with Crippen molar-refractivity contribution in [3.8, 4) is 0 Å². The van der Waals surface area contributed by atoms with E-state index in [1.54, 1.807) is 0 Å². The van der Waals surface area contributed by atoms with Gasteiger partial charge in [-0.15, -0.1) is 0 Å². The maximum absolute atomic E-state index is 12.1. The van der Waals surface area contributed by atoms with E-state index < -0.39 is 7.92 Å². The molecule has 0 heterocycles. The van der Waals surface area contributed by atoms with Crippen LogP contribution in [0.5, 0.6) is 0 Å². The summed E-state index contributed by atoms with van der Waals surface area (Å²) in [7, 11) is -0.643. The van der Waals surface area contributed by atoms with Crippen molar-refractivity contribution in [2.45, 2.75) is 19.8 Å². The van der Waals surface area contributed by atoms with Gasteiger partial charge in [0, 0.05) is 0 Å². The van der Waals surface area contributed by atoms with Crippen LogP contribution in [-0.2, 0) is 4.74 Å². The summed E-state index contributed by atoms with van der Waals surface area (Å²) in [5.41, 5.74) is 0.612. The lowest BCUT2D eigenvalue weighted by atomic mass is 10.2. The van der Waals surface area contributed by atoms with E-state index in [0.717, 1.165) is 12.8 Å². The van der Waals surface area contributed by atoms with Crippen molar-refractivity contribution < 1.29 is 9.53 Å². The van der Waals surface area contributed by atoms with Gasteiger partial charge in [-0.3, -0.25) is 0 Å². The second kappa shape index (κ2) is 9.31. The standard InChI is InChI=1S/C23H23O2P/c1-2-3-18-25-23(24)19-14-16-22(17-15-19)26(20-10-6-4-7-11-20)21-12-8-5-9-13-21/h4-17H,2-3,18H2,1H3. The van der Waals surface area contributed by atoms with Crippen LogP contribution >= 0.6 is 7.92 Å². The Morgan fingerprint density at radius 2 is 1.27 bits per heavy atom. The molecule has 0 aliphatic heterocycles. The van der Waals surface area contributed by atoms with E-state index in [9.17, 15) is 4.79 Å². The molecule has 0 unspecified atom stereocenters. The van der Waals surface area contributed by atoms with E-state index in [1.807, 2.05) is 24.3 Å². The van der Waals surface area contributed by atoms with Crippen LogP contribution in [0.15, 0.2) is 84.9 Å². The van der Waals surface area contributed by atoms with Gasteiger partial charge in [0.05, 0.1) is 12.2 Å². The van der Waals surface area contributed by atoms with Crippen molar-refractivity contribution in [3.05, 3.63) is 90.5 Å². The zero-order valence-corrected chi connectivity index (χ0v) is 15.9. The monoisotopic (exact) mass is 362 g/mol. The van der Waals surface area contributed by atoms with E-state index in [4.69, 9.17) is 4.74 Å². The Balaban J connectivity index is 1.87. The van der Waals surface area contributed by atoms with E-state index in [2.05, 4.69) is 67.6 Å². The van der Waals surface area contributed by atoms with E-state index in [-0.39, 0.29) is 5.97 Å². The second-order valence-electron chi connectivity index (χ2n) is 6.04. The first-order chi connectivity index (χ1) is 12.8. The highest BCUT2D eigenvalue weighted by Gasteiger charge is 2.16. The number of carbonyl (C=O) groups is 1. The van der Waals surface area contributed by atoms with Gasteiger partial charge in [-0.1, -0.05) is 86.1 Å². The predicted molar refractivity (Wildman–Crippen MR) is 110 cm³/mol. The SMILES string of the molecule is CCCCOC(=O)c1ccc(P(c2ccccc2)c2ccccc2)cc1. The van der Waals surface area contributed by atoms with Crippen molar-refractivity contribution in [3.63, 3.8) is 0 Å². The highest BCUT2D eigenvalue weighted by molar-refractivity contribution is 7.79. The molecule has 0 N–H and O–H groups in total. The Bertz CT molecular complexity index is 774. The fourth-order valence-electron chi connectivity index (χ4n) is 2.74. The molecular formula is C23H23O2P. The van der Waals surface area contributed by atoms with Crippen LogP contribution in [0.4, 0.5) is 0 Å². The Morgan fingerprint density at radius 3 is 1.77 bits per heavy atom. The number of hydrogen-bond acceptors (Lipinski definition) is 2. The van der Waals surface area contributed by atoms with Crippen molar-refractivity contribution in [2.24, 2.45) is 0 Å². The summed E-state index contributed by atoms with van der Waals surface area (Å²) in [5, 5.41) is 3.82. The summed E-state index contributed by atoms with van der Waals surface area (Å²) in [6.45, 7) is 2.57. The molecule has 0 aliphatic rings. The van der Waals surface area contributed by atoms with Crippen molar-refractivity contribution in [1.29, 1.82) is 0 Å². The quantitative estimate of drug-likeness (QED) is 0.354. The molecule has 0 radical (unpaired) electrons. The number of unbranched alkanes of at least 4 members (excludes halogenated alkanes) is 1. The molecule has 0 atom stereocenters. The van der Waals surface area contributed by atoms with Gasteiger partial charge in [-0.25, -0.2) is 4.79 Å². The smallest absolute Gasteiger partial charge is 0.338 e. The molecular weight excluding hydrogens is 339 g/mol. The topological polar surface area (TPSA) is 26.3 Å². The number of hydrogen-bond donors (Lipinski definition) is 0. The zero-order valence-electron chi connectivity index (χ0n) is 15.0. The average Bonchev–Trinajstić information content (AvgIpc) is 2.70. The third-order valence-corrected chi connectivity index (χ3v) is 6.56. The minimum atomic E-state index is -0.643. The van der Waals surface area contributed by atoms with Gasteiger partial charge >= 0.3 is 5.97 Å². The minimum Gasteiger partial charge on any atom is -0.462 e. The molecule has 26 heavy (non-hydrogen) atoms. The summed E-state index contributed by atoms with van der Waals surface area (Å²) in [6.07, 6.45) is 1.92. The van der Waals surface area contributed by atoms with Crippen molar-refractivity contribution in [2.75, 3.05) is 6.61 Å². The third kappa shape index (κ3) is 4.59. The molecule has 0 saturated heterocycles. The van der Waals surface area contributed by atoms with Crippen LogP contribution in [0.2, 0.25) is 0 Å². The maximum Gasteiger partial charge on any atom is 0.338 e. The Labute approximate surface area is 156 Å². The van der Waals surface area contributed by atoms with Crippen LogP contribution < -0.4 is 15.9 Å². The molecule has 132 valence electrons. The summed E-state index contributed by atoms with van der Waals surface area (Å²) < 4.78 is 5.30. The van der Waals surface area contributed by atoms with Crippen LogP contribution in [0.3, 0.4) is 0 Å². The normalized spacial score (nSPS) is 10.7. The Hall–Kier alpha value is -2.44. The lowest BCUT2D eigenvalue weighted by molar-refractivity contribution is 0.0500. The molecule has 3 aromatic carbocycles. The Kier molecular flexibility index (Phi) is 6.57. The average molecular weight is 362 g/mol. The molecule has 3 rings (SSSR count). The van der Waals surface area contributed by atoms with Gasteiger partial charge in [0.2, 0.25) is 0 Å². The lowest BCUT2D eigenvalue weighted by Gasteiger charge is -2.19. The van der Waals surface area contributed by atoms with Gasteiger partial charge in [-0.2, -0.15) is 0 Å². The summed E-state index contributed by atoms with van der Waals surface area (Å²) in [6, 6.07) is 28.9. The molecule has 3 aromatic rings. The van der Waals surface area contributed by atoms with Gasteiger partial charge < -0.3 is 4.74 Å². The van der Waals surface area contributed by atoms with Gasteiger partial charge in [0.15, 0.2) is 0 Å². The molecule has 0 saturated carbocycles. The molecule has 0 spiro atoms. The summed E-state index contributed by atoms with van der Waals surface area (Å²) >= 11 is 0. The fourth-order valence-corrected chi connectivity index (χ4v) is 5.02. The number of benzene rings is 3. The largest absolute Gasteiger partial charge is 0.462 e. The highest BCUT2D eigenvalue weighted by atomic mass is 31.1. The minimum absolute atomic E-state index is 0.242. The van der Waals surface area contributed by atoms with Crippen LogP contribution in [-0.4, -0.2) is 12.6 Å². The van der Waals surface area contributed by atoms with E-state index in [0.29, 0.717) is 12.2 Å². The zero-order chi connectivity index (χ0) is 18.2. The van der Waals surface area contributed by atoms with Crippen molar-refractivity contribution in [1.82, 2.24) is 0 Å².